The monoisotopic (exact) mass is 277 g/mol. The molecule has 0 atom stereocenters. The van der Waals surface area contributed by atoms with E-state index in [1.54, 1.807) is 13.3 Å². The molecule has 0 fully saturated rings. The molecule has 0 spiro atoms. The molecule has 3 nitrogen and oxygen atoms in total. The van der Waals surface area contributed by atoms with Gasteiger partial charge in [0, 0.05) is 5.56 Å². The van der Waals surface area contributed by atoms with Crippen LogP contribution in [0.1, 0.15) is 16.8 Å². The maximum absolute atomic E-state index is 5.83. The van der Waals surface area contributed by atoms with Crippen LogP contribution in [0.5, 0.6) is 11.5 Å². The second kappa shape index (κ2) is 6.43. The van der Waals surface area contributed by atoms with Crippen LogP contribution >= 0.6 is 11.6 Å². The predicted octanol–water partition coefficient (Wildman–Crippen LogP) is 3.72. The Morgan fingerprint density at radius 1 is 1.21 bits per heavy atom. The molecule has 19 heavy (non-hydrogen) atoms. The van der Waals surface area contributed by atoms with Crippen LogP contribution in [-0.2, 0) is 12.5 Å². The molecule has 1 heterocycles. The zero-order chi connectivity index (χ0) is 13.7. The number of ether oxygens (including phenoxy) is 2. The van der Waals surface area contributed by atoms with Gasteiger partial charge in [0.1, 0.15) is 6.61 Å². The molecule has 100 valence electrons. The van der Waals surface area contributed by atoms with Crippen molar-refractivity contribution in [3.8, 4) is 11.5 Å². The number of benzene rings is 1. The lowest BCUT2D eigenvalue weighted by Gasteiger charge is -2.14. The van der Waals surface area contributed by atoms with Crippen molar-refractivity contribution in [1.29, 1.82) is 0 Å². The number of halogens is 1. The van der Waals surface area contributed by atoms with E-state index in [1.165, 1.54) is 0 Å². The van der Waals surface area contributed by atoms with Gasteiger partial charge in [-0.05, 0) is 12.5 Å². The molecule has 0 N–H and O–H groups in total. The maximum atomic E-state index is 5.83. The normalized spacial score (nSPS) is 10.3. The second-order valence-electron chi connectivity index (χ2n) is 4.14. The van der Waals surface area contributed by atoms with Crippen molar-refractivity contribution in [2.75, 3.05) is 7.11 Å². The summed E-state index contributed by atoms with van der Waals surface area (Å²) in [4.78, 5) is 4.28. The summed E-state index contributed by atoms with van der Waals surface area (Å²) in [6, 6.07) is 9.97. The first kappa shape index (κ1) is 13.7. The number of nitrogens with zero attached hydrogens (tertiary/aromatic N) is 1. The van der Waals surface area contributed by atoms with E-state index >= 15 is 0 Å². The molecule has 0 aliphatic rings. The first-order valence-corrected chi connectivity index (χ1v) is 6.55. The van der Waals surface area contributed by atoms with Gasteiger partial charge in [-0.15, -0.1) is 11.6 Å². The fourth-order valence-electron chi connectivity index (χ4n) is 1.83. The number of methoxy groups -OCH3 is 1. The molecule has 1 aromatic carbocycles. The van der Waals surface area contributed by atoms with Gasteiger partial charge >= 0.3 is 0 Å². The van der Waals surface area contributed by atoms with E-state index in [0.717, 1.165) is 16.8 Å². The Morgan fingerprint density at radius 2 is 1.95 bits per heavy atom. The van der Waals surface area contributed by atoms with Crippen molar-refractivity contribution in [2.24, 2.45) is 0 Å². The van der Waals surface area contributed by atoms with Crippen molar-refractivity contribution < 1.29 is 9.47 Å². The topological polar surface area (TPSA) is 31.4 Å². The van der Waals surface area contributed by atoms with Crippen molar-refractivity contribution in [2.45, 2.75) is 19.4 Å². The van der Waals surface area contributed by atoms with E-state index in [4.69, 9.17) is 21.1 Å². The highest BCUT2D eigenvalue weighted by Crippen LogP contribution is 2.32. The molecule has 4 heteroatoms. The summed E-state index contributed by atoms with van der Waals surface area (Å²) in [5.74, 6) is 1.69. The molecule has 0 saturated carbocycles. The molecule has 0 unspecified atom stereocenters. The smallest absolute Gasteiger partial charge is 0.180 e. The van der Waals surface area contributed by atoms with E-state index in [0.29, 0.717) is 24.0 Å². The lowest BCUT2D eigenvalue weighted by molar-refractivity contribution is 0.282. The molecule has 0 radical (unpaired) electrons. The molecule has 0 aliphatic heterocycles. The van der Waals surface area contributed by atoms with E-state index in [-0.39, 0.29) is 0 Å². The number of hydrogen-bond donors (Lipinski definition) is 0. The van der Waals surface area contributed by atoms with Crippen LogP contribution in [0.25, 0.3) is 0 Å². The molecule has 2 rings (SSSR count). The van der Waals surface area contributed by atoms with Gasteiger partial charge in [-0.25, -0.2) is 0 Å². The van der Waals surface area contributed by atoms with Gasteiger partial charge in [0.2, 0.25) is 0 Å². The van der Waals surface area contributed by atoms with Crippen LogP contribution in [0.2, 0.25) is 0 Å². The largest absolute Gasteiger partial charge is 0.492 e. The van der Waals surface area contributed by atoms with E-state index in [2.05, 4.69) is 4.98 Å². The van der Waals surface area contributed by atoms with Crippen LogP contribution in [0.3, 0.4) is 0 Å². The lowest BCUT2D eigenvalue weighted by atomic mass is 10.2. The summed E-state index contributed by atoms with van der Waals surface area (Å²) in [6.45, 7) is 2.41. The van der Waals surface area contributed by atoms with Crippen molar-refractivity contribution in [3.05, 3.63) is 53.3 Å². The lowest BCUT2D eigenvalue weighted by Crippen LogP contribution is -2.02. The third kappa shape index (κ3) is 3.18. The Labute approximate surface area is 118 Å². The van der Waals surface area contributed by atoms with Gasteiger partial charge in [-0.1, -0.05) is 30.3 Å². The first-order chi connectivity index (χ1) is 9.26. The van der Waals surface area contributed by atoms with Crippen molar-refractivity contribution in [3.63, 3.8) is 0 Å². The zero-order valence-electron chi connectivity index (χ0n) is 11.0. The molecule has 0 aliphatic carbocycles. The number of hydrogen-bond acceptors (Lipinski definition) is 3. The van der Waals surface area contributed by atoms with Gasteiger partial charge in [0.05, 0.1) is 24.9 Å². The Bertz CT molecular complexity index is 543. The average molecular weight is 278 g/mol. The zero-order valence-corrected chi connectivity index (χ0v) is 11.8. The Hall–Kier alpha value is -1.74. The number of pyridine rings is 1. The number of aromatic nitrogens is 1. The highest BCUT2D eigenvalue weighted by atomic mass is 35.5. The van der Waals surface area contributed by atoms with Gasteiger partial charge in [0.15, 0.2) is 11.5 Å². The molecule has 0 amide bonds. The first-order valence-electron chi connectivity index (χ1n) is 6.01. The molecular weight excluding hydrogens is 262 g/mol. The quantitative estimate of drug-likeness (QED) is 0.781. The Morgan fingerprint density at radius 3 is 2.58 bits per heavy atom. The summed E-state index contributed by atoms with van der Waals surface area (Å²) in [6.07, 6.45) is 1.66. The standard InChI is InChI=1S/C15H16ClNO2/c1-11-13(8-16)17-9-14(15(11)18-2)19-10-12-6-4-3-5-7-12/h3-7,9H,8,10H2,1-2H3. The van der Waals surface area contributed by atoms with E-state index in [1.807, 2.05) is 37.3 Å². The Balaban J connectivity index is 2.19. The van der Waals surface area contributed by atoms with Crippen molar-refractivity contribution >= 4 is 11.6 Å². The highest BCUT2D eigenvalue weighted by Gasteiger charge is 2.12. The minimum Gasteiger partial charge on any atom is -0.492 e. The second-order valence-corrected chi connectivity index (χ2v) is 4.40. The van der Waals surface area contributed by atoms with Gasteiger partial charge in [-0.2, -0.15) is 0 Å². The summed E-state index contributed by atoms with van der Waals surface area (Å²) < 4.78 is 11.1. The van der Waals surface area contributed by atoms with Crippen LogP contribution in [0.4, 0.5) is 0 Å². The fourth-order valence-corrected chi connectivity index (χ4v) is 2.10. The van der Waals surface area contributed by atoms with Crippen LogP contribution in [0.15, 0.2) is 36.5 Å². The summed E-state index contributed by atoms with van der Waals surface area (Å²) in [5, 5.41) is 0. The van der Waals surface area contributed by atoms with Crippen molar-refractivity contribution in [1.82, 2.24) is 4.98 Å². The molecule has 1 aromatic heterocycles. The summed E-state index contributed by atoms with van der Waals surface area (Å²) in [5.41, 5.74) is 2.83. The maximum Gasteiger partial charge on any atom is 0.180 e. The van der Waals surface area contributed by atoms with Gasteiger partial charge < -0.3 is 9.47 Å². The molecule has 0 saturated heterocycles. The minimum absolute atomic E-state index is 0.362. The highest BCUT2D eigenvalue weighted by molar-refractivity contribution is 6.17. The molecular formula is C15H16ClNO2. The van der Waals surface area contributed by atoms with Crippen LogP contribution < -0.4 is 9.47 Å². The molecule has 2 aromatic rings. The average Bonchev–Trinajstić information content (AvgIpc) is 2.46. The van der Waals surface area contributed by atoms with Crippen LogP contribution in [0, 0.1) is 6.92 Å². The number of alkyl halides is 1. The summed E-state index contributed by atoms with van der Waals surface area (Å²) >= 11 is 5.83. The third-order valence-corrected chi connectivity index (χ3v) is 3.16. The Kier molecular flexibility index (Phi) is 4.63. The summed E-state index contributed by atoms with van der Waals surface area (Å²) in [7, 11) is 1.62. The van der Waals surface area contributed by atoms with Gasteiger partial charge in [0.25, 0.3) is 0 Å². The van der Waals surface area contributed by atoms with E-state index in [9.17, 15) is 0 Å². The van der Waals surface area contributed by atoms with Gasteiger partial charge in [-0.3, -0.25) is 4.98 Å². The SMILES string of the molecule is COc1c(OCc2ccccc2)cnc(CCl)c1C. The predicted molar refractivity (Wildman–Crippen MR) is 75.9 cm³/mol. The fraction of sp³-hybridized carbons (Fsp3) is 0.267. The molecule has 0 bridgehead atoms. The number of rotatable bonds is 5. The van der Waals surface area contributed by atoms with E-state index < -0.39 is 0 Å². The minimum atomic E-state index is 0.362. The third-order valence-electron chi connectivity index (χ3n) is 2.90. The van der Waals surface area contributed by atoms with Crippen LogP contribution in [-0.4, -0.2) is 12.1 Å².